The lowest BCUT2D eigenvalue weighted by Crippen LogP contribution is -2.40. The van der Waals surface area contributed by atoms with Crippen LogP contribution >= 0.6 is 0 Å². The van der Waals surface area contributed by atoms with Gasteiger partial charge in [-0.3, -0.25) is 9.59 Å². The maximum atomic E-state index is 12.0. The maximum Gasteiger partial charge on any atom is 0.347 e. The van der Waals surface area contributed by atoms with E-state index in [1.807, 2.05) is 6.07 Å². The first-order valence-corrected chi connectivity index (χ1v) is 7.47. The molecule has 0 spiro atoms. The largest absolute Gasteiger partial charge is 0.482 e. The molecule has 0 saturated carbocycles. The van der Waals surface area contributed by atoms with E-state index in [1.165, 1.54) is 4.90 Å². The Balaban J connectivity index is 1.59. The zero-order chi connectivity index (χ0) is 16.4. The van der Waals surface area contributed by atoms with Crippen LogP contribution in [0.3, 0.4) is 0 Å². The molecule has 1 aromatic carbocycles. The first-order valence-electron chi connectivity index (χ1n) is 7.47. The first-order chi connectivity index (χ1) is 11.0. The Morgan fingerprint density at radius 2 is 2.13 bits per heavy atom. The summed E-state index contributed by atoms with van der Waals surface area (Å²) in [6, 6.07) is 7.13. The van der Waals surface area contributed by atoms with E-state index in [2.05, 4.69) is 0 Å². The number of carbonyl (C=O) groups is 3. The van der Waals surface area contributed by atoms with Gasteiger partial charge in [0.2, 0.25) is 6.10 Å². The molecular weight excluding hydrogens is 302 g/mol. The number of benzene rings is 1. The van der Waals surface area contributed by atoms with Crippen molar-refractivity contribution in [3.63, 3.8) is 0 Å². The lowest BCUT2D eigenvalue weighted by atomic mass is 10.2. The van der Waals surface area contributed by atoms with E-state index >= 15 is 0 Å². The third kappa shape index (κ3) is 3.28. The standard InChI is InChI=1S/C16H17NO6/c1-10-8-13(16(20)22-10)23-15(19)6-7-17-11-4-2-3-5-12(11)21-9-14(17)18/h2-5,10,13H,6-9H2,1H3. The zero-order valence-corrected chi connectivity index (χ0v) is 12.7. The third-order valence-electron chi connectivity index (χ3n) is 3.75. The minimum atomic E-state index is -0.842. The van der Waals surface area contributed by atoms with Gasteiger partial charge in [0.1, 0.15) is 11.9 Å². The molecule has 23 heavy (non-hydrogen) atoms. The zero-order valence-electron chi connectivity index (χ0n) is 12.7. The maximum absolute atomic E-state index is 12.0. The molecule has 2 aliphatic heterocycles. The molecule has 0 aromatic heterocycles. The van der Waals surface area contributed by atoms with Gasteiger partial charge >= 0.3 is 11.9 Å². The number of fused-ring (bicyclic) bond motifs is 1. The van der Waals surface area contributed by atoms with E-state index in [9.17, 15) is 14.4 Å². The predicted molar refractivity (Wildman–Crippen MR) is 79.0 cm³/mol. The Labute approximate surface area is 133 Å². The highest BCUT2D eigenvalue weighted by Crippen LogP contribution is 2.31. The lowest BCUT2D eigenvalue weighted by molar-refractivity contribution is -0.160. The van der Waals surface area contributed by atoms with E-state index in [0.717, 1.165) is 0 Å². The van der Waals surface area contributed by atoms with Gasteiger partial charge in [0.15, 0.2) is 6.61 Å². The number of hydrogen-bond donors (Lipinski definition) is 0. The summed E-state index contributed by atoms with van der Waals surface area (Å²) in [5.41, 5.74) is 0.630. The van der Waals surface area contributed by atoms with Crippen molar-refractivity contribution in [2.24, 2.45) is 0 Å². The van der Waals surface area contributed by atoms with Gasteiger partial charge < -0.3 is 19.1 Å². The number of amides is 1. The third-order valence-corrected chi connectivity index (χ3v) is 3.75. The Bertz CT molecular complexity index is 643. The smallest absolute Gasteiger partial charge is 0.347 e. The molecule has 7 nitrogen and oxygen atoms in total. The number of ether oxygens (including phenoxy) is 3. The second-order valence-corrected chi connectivity index (χ2v) is 5.51. The SMILES string of the molecule is CC1CC(OC(=O)CCN2C(=O)COc3ccccc32)C(=O)O1. The second kappa shape index (κ2) is 6.28. The highest BCUT2D eigenvalue weighted by Gasteiger charge is 2.35. The van der Waals surface area contributed by atoms with Crippen LogP contribution in [0.4, 0.5) is 5.69 Å². The van der Waals surface area contributed by atoms with E-state index < -0.39 is 18.0 Å². The summed E-state index contributed by atoms with van der Waals surface area (Å²) >= 11 is 0. The van der Waals surface area contributed by atoms with Gasteiger partial charge in [-0.25, -0.2) is 4.79 Å². The Kier molecular flexibility index (Phi) is 4.18. The van der Waals surface area contributed by atoms with E-state index in [0.29, 0.717) is 17.9 Å². The number of hydrogen-bond acceptors (Lipinski definition) is 6. The average molecular weight is 319 g/mol. The topological polar surface area (TPSA) is 82.1 Å². The molecule has 1 saturated heterocycles. The molecule has 0 radical (unpaired) electrons. The quantitative estimate of drug-likeness (QED) is 0.772. The molecular formula is C16H17NO6. The summed E-state index contributed by atoms with van der Waals surface area (Å²) in [5.74, 6) is -0.657. The molecule has 122 valence electrons. The predicted octanol–water partition coefficient (Wildman–Crippen LogP) is 1.05. The number of cyclic esters (lactones) is 1. The summed E-state index contributed by atoms with van der Waals surface area (Å²) in [6.07, 6.45) is -0.722. The number of anilines is 1. The number of carbonyl (C=O) groups excluding carboxylic acids is 3. The molecule has 2 atom stereocenters. The van der Waals surface area contributed by atoms with Crippen LogP contribution in [-0.2, 0) is 23.9 Å². The Morgan fingerprint density at radius 3 is 2.87 bits per heavy atom. The van der Waals surface area contributed by atoms with Crippen LogP contribution in [-0.4, -0.2) is 43.2 Å². The van der Waals surface area contributed by atoms with Crippen LogP contribution in [0.2, 0.25) is 0 Å². The minimum Gasteiger partial charge on any atom is -0.482 e. The van der Waals surface area contributed by atoms with Gasteiger partial charge in [0.25, 0.3) is 5.91 Å². The van der Waals surface area contributed by atoms with Crippen LogP contribution < -0.4 is 9.64 Å². The molecule has 1 aromatic rings. The lowest BCUT2D eigenvalue weighted by Gasteiger charge is -2.29. The number of esters is 2. The molecule has 0 bridgehead atoms. The van der Waals surface area contributed by atoms with E-state index in [4.69, 9.17) is 14.2 Å². The van der Waals surface area contributed by atoms with E-state index in [1.54, 1.807) is 25.1 Å². The summed E-state index contributed by atoms with van der Waals surface area (Å²) in [5, 5.41) is 0. The van der Waals surface area contributed by atoms with Gasteiger partial charge in [-0.15, -0.1) is 0 Å². The van der Waals surface area contributed by atoms with Gasteiger partial charge in [0, 0.05) is 13.0 Å². The molecule has 1 amide bonds. The second-order valence-electron chi connectivity index (χ2n) is 5.51. The summed E-state index contributed by atoms with van der Waals surface area (Å²) < 4.78 is 15.4. The van der Waals surface area contributed by atoms with E-state index in [-0.39, 0.29) is 31.6 Å². The summed E-state index contributed by atoms with van der Waals surface area (Å²) in [7, 11) is 0. The van der Waals surface area contributed by atoms with Crippen molar-refractivity contribution in [2.45, 2.75) is 32.0 Å². The minimum absolute atomic E-state index is 0.00175. The van der Waals surface area contributed by atoms with Crippen molar-refractivity contribution in [1.82, 2.24) is 0 Å². The average Bonchev–Trinajstić information content (AvgIpc) is 2.84. The fourth-order valence-electron chi connectivity index (χ4n) is 2.64. The van der Waals surface area contributed by atoms with Crippen LogP contribution in [0, 0.1) is 0 Å². The van der Waals surface area contributed by atoms with Crippen LogP contribution in [0.15, 0.2) is 24.3 Å². The Hall–Kier alpha value is -2.57. The highest BCUT2D eigenvalue weighted by atomic mass is 16.6. The molecule has 0 aliphatic carbocycles. The fraction of sp³-hybridized carbons (Fsp3) is 0.438. The molecule has 1 fully saturated rings. The van der Waals surface area contributed by atoms with Crippen molar-refractivity contribution in [3.05, 3.63) is 24.3 Å². The van der Waals surface area contributed by atoms with Crippen LogP contribution in [0.5, 0.6) is 5.75 Å². The van der Waals surface area contributed by atoms with Gasteiger partial charge in [-0.05, 0) is 19.1 Å². The molecule has 2 unspecified atom stereocenters. The molecule has 3 rings (SSSR count). The van der Waals surface area contributed by atoms with Crippen molar-refractivity contribution < 1.29 is 28.6 Å². The van der Waals surface area contributed by atoms with Crippen molar-refractivity contribution >= 4 is 23.5 Å². The first kappa shape index (κ1) is 15.3. The molecule has 2 heterocycles. The van der Waals surface area contributed by atoms with Crippen molar-refractivity contribution in [1.29, 1.82) is 0 Å². The molecule has 0 N–H and O–H groups in total. The normalized spacial score (nSPS) is 23.1. The van der Waals surface area contributed by atoms with Crippen LogP contribution in [0.25, 0.3) is 0 Å². The highest BCUT2D eigenvalue weighted by molar-refractivity contribution is 5.98. The monoisotopic (exact) mass is 319 g/mol. The summed E-state index contributed by atoms with van der Waals surface area (Å²) in [4.78, 5) is 36.9. The number of nitrogens with zero attached hydrogens (tertiary/aromatic N) is 1. The van der Waals surface area contributed by atoms with Crippen molar-refractivity contribution in [2.75, 3.05) is 18.1 Å². The van der Waals surface area contributed by atoms with Gasteiger partial charge in [-0.2, -0.15) is 0 Å². The molecule has 2 aliphatic rings. The number of rotatable bonds is 4. The van der Waals surface area contributed by atoms with Gasteiger partial charge in [-0.1, -0.05) is 12.1 Å². The number of para-hydroxylation sites is 2. The van der Waals surface area contributed by atoms with Gasteiger partial charge in [0.05, 0.1) is 12.1 Å². The Morgan fingerprint density at radius 1 is 1.35 bits per heavy atom. The molecule has 7 heteroatoms. The summed E-state index contributed by atoms with van der Waals surface area (Å²) in [6.45, 7) is 1.86. The van der Waals surface area contributed by atoms with Crippen molar-refractivity contribution in [3.8, 4) is 5.75 Å². The van der Waals surface area contributed by atoms with Crippen LogP contribution in [0.1, 0.15) is 19.8 Å². The fourth-order valence-corrected chi connectivity index (χ4v) is 2.64.